The second-order valence-electron chi connectivity index (χ2n) is 8.16. The van der Waals surface area contributed by atoms with Crippen LogP contribution in [-0.4, -0.2) is 10.8 Å². The summed E-state index contributed by atoms with van der Waals surface area (Å²) in [6.45, 7) is 0.382. The molecule has 0 spiro atoms. The van der Waals surface area contributed by atoms with E-state index in [4.69, 9.17) is 23.2 Å². The van der Waals surface area contributed by atoms with Gasteiger partial charge in [-0.2, -0.15) is 0 Å². The lowest BCUT2D eigenvalue weighted by molar-refractivity contribution is -0.135. The van der Waals surface area contributed by atoms with Gasteiger partial charge in [0.1, 0.15) is 5.82 Å². The molecule has 5 heteroatoms. The van der Waals surface area contributed by atoms with E-state index in [1.807, 2.05) is 77.7 Å². The van der Waals surface area contributed by atoms with E-state index in [-0.39, 0.29) is 11.7 Å². The van der Waals surface area contributed by atoms with Crippen molar-refractivity contribution in [3.63, 3.8) is 0 Å². The van der Waals surface area contributed by atoms with Crippen molar-refractivity contribution in [2.24, 2.45) is 0 Å². The average molecular weight is 476 g/mol. The standard InChI is InChI=1S/C28H20Cl2FNO/c29-21-10-6-18(7-11-21)17-32-27(20-8-13-23(31)14-9-20)25-16-22(30)12-15-24(25)26(28(32)33)19-4-2-1-3-5-19/h1-16,26-27H,17H2/t26-,27-/m0/s1. The lowest BCUT2D eigenvalue weighted by Gasteiger charge is -2.41. The molecule has 0 radical (unpaired) electrons. The number of carbonyl (C=O) groups excluding carboxylic acids is 1. The molecule has 0 aromatic heterocycles. The maximum atomic E-state index is 14.1. The first-order valence-electron chi connectivity index (χ1n) is 10.7. The van der Waals surface area contributed by atoms with E-state index in [9.17, 15) is 9.18 Å². The fourth-order valence-electron chi connectivity index (χ4n) is 4.57. The highest BCUT2D eigenvalue weighted by molar-refractivity contribution is 6.31. The van der Waals surface area contributed by atoms with Gasteiger partial charge in [-0.1, -0.05) is 83.9 Å². The fourth-order valence-corrected chi connectivity index (χ4v) is 4.87. The molecule has 164 valence electrons. The monoisotopic (exact) mass is 475 g/mol. The number of halogens is 3. The number of rotatable bonds is 4. The summed E-state index contributed by atoms with van der Waals surface area (Å²) in [6, 6.07) is 28.8. The molecule has 0 bridgehead atoms. The van der Waals surface area contributed by atoms with E-state index in [0.29, 0.717) is 16.6 Å². The Labute approximate surface area is 202 Å². The number of benzene rings is 4. The Balaban J connectivity index is 1.70. The molecule has 0 unspecified atom stereocenters. The van der Waals surface area contributed by atoms with Crippen LogP contribution in [0.2, 0.25) is 10.0 Å². The number of hydrogen-bond donors (Lipinski definition) is 0. The number of amides is 1. The van der Waals surface area contributed by atoms with E-state index in [1.54, 1.807) is 12.1 Å². The molecular weight excluding hydrogens is 456 g/mol. The normalized spacial score (nSPS) is 17.7. The first-order chi connectivity index (χ1) is 16.0. The fraction of sp³-hybridized carbons (Fsp3) is 0.107. The van der Waals surface area contributed by atoms with Crippen LogP contribution in [0.25, 0.3) is 0 Å². The summed E-state index contributed by atoms with van der Waals surface area (Å²) in [5, 5.41) is 1.23. The van der Waals surface area contributed by atoms with Crippen molar-refractivity contribution in [3.8, 4) is 0 Å². The summed E-state index contributed by atoms with van der Waals surface area (Å²) in [5.74, 6) is -0.790. The molecule has 0 N–H and O–H groups in total. The Kier molecular flexibility index (Phi) is 5.92. The first kappa shape index (κ1) is 21.7. The van der Waals surface area contributed by atoms with Crippen LogP contribution >= 0.6 is 23.2 Å². The van der Waals surface area contributed by atoms with E-state index >= 15 is 0 Å². The van der Waals surface area contributed by atoms with Gasteiger partial charge in [0.05, 0.1) is 12.0 Å². The summed E-state index contributed by atoms with van der Waals surface area (Å²) in [7, 11) is 0. The summed E-state index contributed by atoms with van der Waals surface area (Å²) in [6.07, 6.45) is 0. The van der Waals surface area contributed by atoms with Gasteiger partial charge in [-0.25, -0.2) is 4.39 Å². The minimum atomic E-state index is -0.456. The Bertz CT molecular complexity index is 1290. The van der Waals surface area contributed by atoms with Gasteiger partial charge < -0.3 is 4.90 Å². The van der Waals surface area contributed by atoms with Crippen molar-refractivity contribution in [2.45, 2.75) is 18.5 Å². The van der Waals surface area contributed by atoms with Crippen molar-refractivity contribution >= 4 is 29.1 Å². The average Bonchev–Trinajstić information content (AvgIpc) is 2.82. The van der Waals surface area contributed by atoms with Crippen LogP contribution in [0.5, 0.6) is 0 Å². The van der Waals surface area contributed by atoms with E-state index in [1.165, 1.54) is 12.1 Å². The molecule has 4 aromatic carbocycles. The van der Waals surface area contributed by atoms with Gasteiger partial charge in [-0.05, 0) is 64.2 Å². The Morgan fingerprint density at radius 1 is 0.727 bits per heavy atom. The molecule has 2 nitrogen and oxygen atoms in total. The Morgan fingerprint density at radius 2 is 1.39 bits per heavy atom. The van der Waals surface area contributed by atoms with Crippen molar-refractivity contribution in [3.05, 3.63) is 141 Å². The van der Waals surface area contributed by atoms with Gasteiger partial charge in [-0.3, -0.25) is 4.79 Å². The molecule has 1 aliphatic rings. The van der Waals surface area contributed by atoms with Gasteiger partial charge in [0.2, 0.25) is 5.91 Å². The molecule has 2 atom stereocenters. The zero-order valence-corrected chi connectivity index (χ0v) is 19.1. The molecule has 1 heterocycles. The predicted octanol–water partition coefficient (Wildman–Crippen LogP) is 7.40. The van der Waals surface area contributed by atoms with E-state index in [2.05, 4.69) is 0 Å². The highest BCUT2D eigenvalue weighted by atomic mass is 35.5. The number of fused-ring (bicyclic) bond motifs is 1. The maximum Gasteiger partial charge on any atom is 0.235 e. The van der Waals surface area contributed by atoms with Crippen molar-refractivity contribution in [2.75, 3.05) is 0 Å². The number of carbonyl (C=O) groups is 1. The second kappa shape index (κ2) is 9.01. The molecule has 1 amide bonds. The minimum absolute atomic E-state index is 0.0136. The van der Waals surface area contributed by atoms with Gasteiger partial charge in [0.25, 0.3) is 0 Å². The maximum absolute atomic E-state index is 14.1. The van der Waals surface area contributed by atoms with Crippen LogP contribution in [0.15, 0.2) is 97.1 Å². The van der Waals surface area contributed by atoms with E-state index in [0.717, 1.165) is 27.8 Å². The minimum Gasteiger partial charge on any atom is -0.326 e. The summed E-state index contributed by atoms with van der Waals surface area (Å²) >= 11 is 12.5. The van der Waals surface area contributed by atoms with Gasteiger partial charge in [-0.15, -0.1) is 0 Å². The smallest absolute Gasteiger partial charge is 0.235 e. The zero-order valence-electron chi connectivity index (χ0n) is 17.6. The van der Waals surface area contributed by atoms with Crippen LogP contribution in [-0.2, 0) is 11.3 Å². The van der Waals surface area contributed by atoms with Crippen LogP contribution in [0, 0.1) is 5.82 Å². The van der Waals surface area contributed by atoms with Crippen LogP contribution in [0.1, 0.15) is 39.8 Å². The SMILES string of the molecule is O=C1[C@@H](c2ccccc2)c2ccc(Cl)cc2[C@H](c2ccc(F)cc2)N1Cc1ccc(Cl)cc1. The lowest BCUT2D eigenvalue weighted by Crippen LogP contribution is -2.43. The molecule has 0 saturated carbocycles. The second-order valence-corrected chi connectivity index (χ2v) is 9.04. The number of nitrogens with zero attached hydrogens (tertiary/aromatic N) is 1. The molecule has 0 aliphatic carbocycles. The Morgan fingerprint density at radius 3 is 2.09 bits per heavy atom. The van der Waals surface area contributed by atoms with E-state index < -0.39 is 12.0 Å². The molecule has 5 rings (SSSR count). The van der Waals surface area contributed by atoms with Gasteiger partial charge in [0.15, 0.2) is 0 Å². The van der Waals surface area contributed by atoms with Crippen molar-refractivity contribution < 1.29 is 9.18 Å². The number of hydrogen-bond acceptors (Lipinski definition) is 1. The largest absolute Gasteiger partial charge is 0.326 e. The first-order valence-corrected chi connectivity index (χ1v) is 11.4. The van der Waals surface area contributed by atoms with Crippen molar-refractivity contribution in [1.29, 1.82) is 0 Å². The van der Waals surface area contributed by atoms with Gasteiger partial charge in [0, 0.05) is 16.6 Å². The summed E-state index contributed by atoms with van der Waals surface area (Å²) < 4.78 is 13.7. The molecule has 33 heavy (non-hydrogen) atoms. The van der Waals surface area contributed by atoms with Gasteiger partial charge >= 0.3 is 0 Å². The highest BCUT2D eigenvalue weighted by Gasteiger charge is 2.41. The molecule has 4 aromatic rings. The molecular formula is C28H20Cl2FNO. The molecule has 0 fully saturated rings. The quantitative estimate of drug-likeness (QED) is 0.301. The van der Waals surface area contributed by atoms with Crippen LogP contribution in [0.3, 0.4) is 0 Å². The molecule has 0 saturated heterocycles. The highest BCUT2D eigenvalue weighted by Crippen LogP contribution is 2.44. The lowest BCUT2D eigenvalue weighted by atomic mass is 9.78. The third-order valence-corrected chi connectivity index (χ3v) is 6.57. The van der Waals surface area contributed by atoms with Crippen molar-refractivity contribution in [1.82, 2.24) is 4.90 Å². The topological polar surface area (TPSA) is 20.3 Å². The zero-order chi connectivity index (χ0) is 22.9. The summed E-state index contributed by atoms with van der Waals surface area (Å²) in [5.41, 5.74) is 4.56. The molecule has 1 aliphatic heterocycles. The Hall–Kier alpha value is -3.14. The van der Waals surface area contributed by atoms with Crippen LogP contribution < -0.4 is 0 Å². The summed E-state index contributed by atoms with van der Waals surface area (Å²) in [4.78, 5) is 15.9. The van der Waals surface area contributed by atoms with Crippen LogP contribution in [0.4, 0.5) is 4.39 Å². The third-order valence-electron chi connectivity index (χ3n) is 6.08. The third kappa shape index (κ3) is 4.27. The predicted molar refractivity (Wildman–Crippen MR) is 130 cm³/mol.